The molecule has 0 spiro atoms. The molecule has 0 aromatic carbocycles. The summed E-state index contributed by atoms with van der Waals surface area (Å²) in [6, 6.07) is 3.13. The molecule has 0 radical (unpaired) electrons. The van der Waals surface area contributed by atoms with Crippen LogP contribution >= 0.6 is 0 Å². The number of aromatic nitrogens is 2. The molecule has 2 atom stereocenters. The molecule has 0 aliphatic carbocycles. The van der Waals surface area contributed by atoms with Gasteiger partial charge in [0.15, 0.2) is 0 Å². The standard InChI is InChI=1S/C14H28N6/c1-11(2)20-6-5-12(17-20)9-13(16-15)14-10-18(3)7-8-19(14)4/h5-6,11,13-14,16H,7-10,15H2,1-4H3. The van der Waals surface area contributed by atoms with Crippen LogP contribution in [0.5, 0.6) is 0 Å². The van der Waals surface area contributed by atoms with Gasteiger partial charge in [-0.15, -0.1) is 0 Å². The molecule has 0 amide bonds. The molecule has 2 rings (SSSR count). The van der Waals surface area contributed by atoms with Crippen LogP contribution in [0.1, 0.15) is 25.6 Å². The van der Waals surface area contributed by atoms with Gasteiger partial charge >= 0.3 is 0 Å². The Labute approximate surface area is 121 Å². The van der Waals surface area contributed by atoms with Crippen molar-refractivity contribution in [3.8, 4) is 0 Å². The molecule has 6 heteroatoms. The van der Waals surface area contributed by atoms with Crippen LogP contribution in [0, 0.1) is 0 Å². The summed E-state index contributed by atoms with van der Waals surface area (Å²) in [7, 11) is 4.34. The fourth-order valence-electron chi connectivity index (χ4n) is 2.78. The molecule has 1 aliphatic rings. The molecule has 3 N–H and O–H groups in total. The second kappa shape index (κ2) is 6.67. The molecule has 1 aliphatic heterocycles. The summed E-state index contributed by atoms with van der Waals surface area (Å²) in [6.07, 6.45) is 2.91. The van der Waals surface area contributed by atoms with Crippen molar-refractivity contribution in [1.82, 2.24) is 25.0 Å². The van der Waals surface area contributed by atoms with Crippen LogP contribution in [-0.2, 0) is 6.42 Å². The van der Waals surface area contributed by atoms with Crippen LogP contribution in [-0.4, -0.2) is 65.4 Å². The predicted molar refractivity (Wildman–Crippen MR) is 81.3 cm³/mol. The lowest BCUT2D eigenvalue weighted by atomic mass is 10.00. The second-order valence-electron chi connectivity index (χ2n) is 6.17. The Morgan fingerprint density at radius 2 is 2.15 bits per heavy atom. The van der Waals surface area contributed by atoms with E-state index >= 15 is 0 Å². The van der Waals surface area contributed by atoms with Gasteiger partial charge in [-0.25, -0.2) is 0 Å². The third-order valence-corrected chi connectivity index (χ3v) is 4.20. The number of piperazine rings is 1. The van der Waals surface area contributed by atoms with Crippen LogP contribution in [0.2, 0.25) is 0 Å². The minimum absolute atomic E-state index is 0.221. The average molecular weight is 280 g/mol. The van der Waals surface area contributed by atoms with Gasteiger partial charge in [-0.1, -0.05) is 0 Å². The van der Waals surface area contributed by atoms with E-state index in [1.807, 2.05) is 10.9 Å². The monoisotopic (exact) mass is 280 g/mol. The highest BCUT2D eigenvalue weighted by molar-refractivity contribution is 5.04. The van der Waals surface area contributed by atoms with E-state index in [0.29, 0.717) is 12.1 Å². The molecular weight excluding hydrogens is 252 g/mol. The Hall–Kier alpha value is -0.950. The van der Waals surface area contributed by atoms with Crippen molar-refractivity contribution in [3.05, 3.63) is 18.0 Å². The summed E-state index contributed by atoms with van der Waals surface area (Å²) in [5.41, 5.74) is 4.09. The average Bonchev–Trinajstić information content (AvgIpc) is 2.88. The van der Waals surface area contributed by atoms with Gasteiger partial charge in [0, 0.05) is 50.4 Å². The highest BCUT2D eigenvalue weighted by atomic mass is 15.3. The zero-order chi connectivity index (χ0) is 14.7. The highest BCUT2D eigenvalue weighted by Crippen LogP contribution is 2.14. The van der Waals surface area contributed by atoms with E-state index in [1.54, 1.807) is 0 Å². The number of nitrogens with one attached hydrogen (secondary N) is 1. The molecule has 114 valence electrons. The van der Waals surface area contributed by atoms with Crippen LogP contribution in [0.4, 0.5) is 0 Å². The van der Waals surface area contributed by atoms with E-state index in [2.05, 4.69) is 54.3 Å². The van der Waals surface area contributed by atoms with Crippen molar-refractivity contribution in [2.75, 3.05) is 33.7 Å². The Balaban J connectivity index is 2.03. The van der Waals surface area contributed by atoms with E-state index in [9.17, 15) is 0 Å². The summed E-state index contributed by atoms with van der Waals surface area (Å²) >= 11 is 0. The van der Waals surface area contributed by atoms with Crippen LogP contribution in [0.3, 0.4) is 0 Å². The zero-order valence-electron chi connectivity index (χ0n) is 13.1. The number of nitrogens with zero attached hydrogens (tertiary/aromatic N) is 4. The summed E-state index contributed by atoms with van der Waals surface area (Å²) < 4.78 is 2.00. The Bertz CT molecular complexity index is 416. The number of nitrogens with two attached hydrogens (primary N) is 1. The summed E-state index contributed by atoms with van der Waals surface area (Å²) in [5.74, 6) is 5.80. The molecule has 1 fully saturated rings. The third kappa shape index (κ3) is 3.58. The summed E-state index contributed by atoms with van der Waals surface area (Å²) in [6.45, 7) is 7.51. The largest absolute Gasteiger partial charge is 0.303 e. The maximum Gasteiger partial charge on any atom is 0.0641 e. The number of rotatable bonds is 5. The van der Waals surface area contributed by atoms with E-state index in [-0.39, 0.29) is 6.04 Å². The molecular formula is C14H28N6. The first-order valence-electron chi connectivity index (χ1n) is 7.40. The van der Waals surface area contributed by atoms with Crippen molar-refractivity contribution in [2.24, 2.45) is 5.84 Å². The lowest BCUT2D eigenvalue weighted by molar-refractivity contribution is 0.0874. The van der Waals surface area contributed by atoms with Gasteiger partial charge in [-0.2, -0.15) is 5.10 Å². The zero-order valence-corrected chi connectivity index (χ0v) is 13.1. The van der Waals surface area contributed by atoms with Gasteiger partial charge in [0.2, 0.25) is 0 Å². The van der Waals surface area contributed by atoms with E-state index in [1.165, 1.54) is 0 Å². The molecule has 2 unspecified atom stereocenters. The van der Waals surface area contributed by atoms with Crippen molar-refractivity contribution < 1.29 is 0 Å². The van der Waals surface area contributed by atoms with Crippen molar-refractivity contribution >= 4 is 0 Å². The van der Waals surface area contributed by atoms with Crippen LogP contribution in [0.25, 0.3) is 0 Å². The Morgan fingerprint density at radius 1 is 1.40 bits per heavy atom. The predicted octanol–water partition coefficient (Wildman–Crippen LogP) is 0.0842. The fraction of sp³-hybridized carbons (Fsp3) is 0.786. The molecule has 2 heterocycles. The summed E-state index contributed by atoms with van der Waals surface area (Å²) in [4.78, 5) is 4.76. The first kappa shape index (κ1) is 15.4. The minimum atomic E-state index is 0.221. The molecule has 0 bridgehead atoms. The van der Waals surface area contributed by atoms with Gasteiger partial charge in [-0.05, 0) is 34.0 Å². The molecule has 20 heavy (non-hydrogen) atoms. The fourth-order valence-corrected chi connectivity index (χ4v) is 2.78. The van der Waals surface area contributed by atoms with Crippen molar-refractivity contribution in [3.63, 3.8) is 0 Å². The SMILES string of the molecule is CC(C)n1ccc(CC(NN)C2CN(C)CCN2C)n1. The van der Waals surface area contributed by atoms with E-state index in [0.717, 1.165) is 31.7 Å². The van der Waals surface area contributed by atoms with Gasteiger partial charge in [0.25, 0.3) is 0 Å². The van der Waals surface area contributed by atoms with Crippen LogP contribution in [0.15, 0.2) is 12.3 Å². The lowest BCUT2D eigenvalue weighted by Crippen LogP contribution is -2.60. The topological polar surface area (TPSA) is 62.4 Å². The first-order valence-corrected chi connectivity index (χ1v) is 7.40. The molecule has 1 aromatic heterocycles. The number of hydrogen-bond donors (Lipinski definition) is 2. The third-order valence-electron chi connectivity index (χ3n) is 4.20. The maximum absolute atomic E-state index is 5.80. The Morgan fingerprint density at radius 3 is 2.75 bits per heavy atom. The molecule has 0 saturated carbocycles. The first-order chi connectivity index (χ1) is 9.51. The normalized spacial score (nSPS) is 23.4. The smallest absolute Gasteiger partial charge is 0.0641 e. The summed E-state index contributed by atoms with van der Waals surface area (Å²) in [5, 5.41) is 4.63. The van der Waals surface area contributed by atoms with Crippen molar-refractivity contribution in [2.45, 2.75) is 38.4 Å². The van der Waals surface area contributed by atoms with Crippen LogP contribution < -0.4 is 11.3 Å². The highest BCUT2D eigenvalue weighted by Gasteiger charge is 2.29. The number of likely N-dealkylation sites (N-methyl/N-ethyl adjacent to an activating group) is 2. The van der Waals surface area contributed by atoms with Gasteiger partial charge in [0.05, 0.1) is 5.69 Å². The molecule has 6 nitrogen and oxygen atoms in total. The lowest BCUT2D eigenvalue weighted by Gasteiger charge is -2.41. The van der Waals surface area contributed by atoms with Gasteiger partial charge in [0.1, 0.15) is 0 Å². The quantitative estimate of drug-likeness (QED) is 0.591. The van der Waals surface area contributed by atoms with Gasteiger partial charge < -0.3 is 4.90 Å². The number of hydrazine groups is 1. The number of hydrogen-bond acceptors (Lipinski definition) is 5. The molecule has 1 aromatic rings. The second-order valence-corrected chi connectivity index (χ2v) is 6.17. The maximum atomic E-state index is 5.80. The Kier molecular flexibility index (Phi) is 5.15. The van der Waals surface area contributed by atoms with Gasteiger partial charge in [-0.3, -0.25) is 20.9 Å². The van der Waals surface area contributed by atoms with E-state index in [4.69, 9.17) is 5.84 Å². The minimum Gasteiger partial charge on any atom is -0.303 e. The van der Waals surface area contributed by atoms with E-state index < -0.39 is 0 Å². The van der Waals surface area contributed by atoms with Crippen molar-refractivity contribution in [1.29, 1.82) is 0 Å². The molecule has 1 saturated heterocycles.